The van der Waals surface area contributed by atoms with E-state index in [1.54, 1.807) is 26.0 Å². The molecule has 5 N–H and O–H groups in total. The van der Waals surface area contributed by atoms with Crippen molar-refractivity contribution in [3.63, 3.8) is 0 Å². The van der Waals surface area contributed by atoms with Crippen LogP contribution in [0.5, 0.6) is 0 Å². The molecule has 1 amide bonds. The molecule has 10 heteroatoms. The summed E-state index contributed by atoms with van der Waals surface area (Å²) in [6, 6.07) is 15.0. The molecule has 0 unspecified atom stereocenters. The molecule has 0 saturated carbocycles. The molecule has 4 aromatic rings. The van der Waals surface area contributed by atoms with Gasteiger partial charge in [0.05, 0.1) is 30.1 Å². The van der Waals surface area contributed by atoms with Gasteiger partial charge in [0.15, 0.2) is 5.82 Å². The first-order valence-electron chi connectivity index (χ1n) is 10.2. The summed E-state index contributed by atoms with van der Waals surface area (Å²) in [5, 5.41) is 20.3. The number of ether oxygens (including phenoxy) is 1. The monoisotopic (exact) mass is 464 g/mol. The number of amides is 1. The number of primary amides is 1. The highest BCUT2D eigenvalue weighted by Gasteiger charge is 2.16. The molecule has 0 aliphatic heterocycles. The maximum atomic E-state index is 12.1. The molecule has 0 aliphatic carbocycles. The van der Waals surface area contributed by atoms with Crippen LogP contribution in [0.1, 0.15) is 29.9 Å². The van der Waals surface area contributed by atoms with Crippen LogP contribution >= 0.6 is 11.3 Å². The van der Waals surface area contributed by atoms with E-state index in [1.165, 1.54) is 17.7 Å². The van der Waals surface area contributed by atoms with Crippen LogP contribution in [-0.2, 0) is 11.3 Å². The molecule has 3 aromatic heterocycles. The van der Waals surface area contributed by atoms with Crippen LogP contribution in [0.15, 0.2) is 54.9 Å². The fourth-order valence-electron chi connectivity index (χ4n) is 3.10. The minimum absolute atomic E-state index is 0.196. The van der Waals surface area contributed by atoms with E-state index in [0.717, 1.165) is 16.0 Å². The first-order chi connectivity index (χ1) is 15.8. The molecule has 4 rings (SSSR count). The molecular formula is C23H24N6O3S. The van der Waals surface area contributed by atoms with E-state index in [0.29, 0.717) is 27.9 Å². The number of aromatic amines is 1. The average molecular weight is 465 g/mol. The summed E-state index contributed by atoms with van der Waals surface area (Å²) in [5.41, 5.74) is 7.66. The lowest BCUT2D eigenvalue weighted by Crippen LogP contribution is -2.25. The third-order valence-corrected chi connectivity index (χ3v) is 5.71. The summed E-state index contributed by atoms with van der Waals surface area (Å²) in [7, 11) is 0. The van der Waals surface area contributed by atoms with E-state index in [4.69, 9.17) is 10.5 Å². The van der Waals surface area contributed by atoms with Gasteiger partial charge in [-0.25, -0.2) is 9.97 Å². The number of rotatable bonds is 9. The molecule has 3 heterocycles. The lowest BCUT2D eigenvalue weighted by molar-refractivity contribution is -0.0276. The maximum Gasteiger partial charge on any atom is 0.251 e. The normalized spacial score (nSPS) is 11.5. The minimum Gasteiger partial charge on any atom is -0.388 e. The summed E-state index contributed by atoms with van der Waals surface area (Å²) in [5.74, 6) is 0.726. The summed E-state index contributed by atoms with van der Waals surface area (Å²) in [6.07, 6.45) is 1.46. The standard InChI is InChI=1S/C23H24N6O3S/c1-23(2,31)12-32-11-16-4-3-5-19(27-16)28-22-17(20(24)30)10-18(33-22)14-6-8-15(9-7-14)21-25-13-26-29-21/h3-10,13,31H,11-12H2,1-2H3,(H2,24,30)(H,27,28)(H,25,26,29). The lowest BCUT2D eigenvalue weighted by Gasteiger charge is -2.16. The van der Waals surface area contributed by atoms with Crippen molar-refractivity contribution >= 4 is 28.1 Å². The molecule has 9 nitrogen and oxygen atoms in total. The number of hydrogen-bond acceptors (Lipinski definition) is 8. The van der Waals surface area contributed by atoms with E-state index in [-0.39, 0.29) is 13.2 Å². The number of benzene rings is 1. The highest BCUT2D eigenvalue weighted by atomic mass is 32.1. The van der Waals surface area contributed by atoms with Gasteiger partial charge in [0.25, 0.3) is 5.91 Å². The van der Waals surface area contributed by atoms with Gasteiger partial charge in [0, 0.05) is 10.4 Å². The van der Waals surface area contributed by atoms with Crippen molar-refractivity contribution in [1.29, 1.82) is 0 Å². The third kappa shape index (κ3) is 5.80. The summed E-state index contributed by atoms with van der Waals surface area (Å²) in [4.78, 5) is 21.6. The fourth-order valence-corrected chi connectivity index (χ4v) is 4.17. The van der Waals surface area contributed by atoms with Gasteiger partial charge in [-0.15, -0.1) is 11.3 Å². The van der Waals surface area contributed by atoms with Crippen LogP contribution < -0.4 is 11.1 Å². The molecule has 0 spiro atoms. The number of nitrogens with two attached hydrogens (primary N) is 1. The second kappa shape index (κ2) is 9.49. The Morgan fingerprint density at radius 1 is 1.21 bits per heavy atom. The van der Waals surface area contributed by atoms with Crippen molar-refractivity contribution < 1.29 is 14.6 Å². The zero-order valence-electron chi connectivity index (χ0n) is 18.2. The van der Waals surface area contributed by atoms with E-state index in [2.05, 4.69) is 25.5 Å². The highest BCUT2D eigenvalue weighted by molar-refractivity contribution is 7.19. The Balaban J connectivity index is 1.53. The summed E-state index contributed by atoms with van der Waals surface area (Å²) in [6.45, 7) is 3.82. The predicted molar refractivity (Wildman–Crippen MR) is 127 cm³/mol. The zero-order valence-corrected chi connectivity index (χ0v) is 19.0. The summed E-state index contributed by atoms with van der Waals surface area (Å²) >= 11 is 1.41. The molecule has 0 saturated heterocycles. The van der Waals surface area contributed by atoms with E-state index < -0.39 is 11.5 Å². The van der Waals surface area contributed by atoms with Crippen LogP contribution in [0.3, 0.4) is 0 Å². The van der Waals surface area contributed by atoms with Crippen molar-refractivity contribution in [2.24, 2.45) is 5.73 Å². The zero-order chi connectivity index (χ0) is 23.4. The Bertz CT molecular complexity index is 1230. The Morgan fingerprint density at radius 2 is 1.97 bits per heavy atom. The molecule has 33 heavy (non-hydrogen) atoms. The quantitative estimate of drug-likeness (QED) is 0.296. The molecule has 0 radical (unpaired) electrons. The number of carbonyl (C=O) groups excluding carboxylic acids is 1. The number of anilines is 2. The van der Waals surface area contributed by atoms with Gasteiger partial charge in [0.2, 0.25) is 0 Å². The lowest BCUT2D eigenvalue weighted by atomic mass is 10.1. The van der Waals surface area contributed by atoms with E-state index in [9.17, 15) is 9.90 Å². The van der Waals surface area contributed by atoms with Crippen molar-refractivity contribution in [3.05, 3.63) is 66.1 Å². The number of thiophene rings is 1. The Hall–Kier alpha value is -3.60. The fraction of sp³-hybridized carbons (Fsp3) is 0.217. The van der Waals surface area contributed by atoms with Gasteiger partial charge in [-0.3, -0.25) is 9.89 Å². The number of carbonyl (C=O) groups is 1. The number of aliphatic hydroxyl groups is 1. The van der Waals surface area contributed by atoms with Crippen LogP contribution in [-0.4, -0.2) is 43.4 Å². The Labute approximate surface area is 194 Å². The van der Waals surface area contributed by atoms with Crippen molar-refractivity contribution in [2.75, 3.05) is 11.9 Å². The first kappa shape index (κ1) is 22.6. The number of hydrogen-bond donors (Lipinski definition) is 4. The van der Waals surface area contributed by atoms with Crippen molar-refractivity contribution in [3.8, 4) is 21.8 Å². The number of H-pyrrole nitrogens is 1. The number of pyridine rings is 1. The van der Waals surface area contributed by atoms with Gasteiger partial charge < -0.3 is 20.9 Å². The molecule has 0 atom stereocenters. The Morgan fingerprint density at radius 3 is 2.64 bits per heavy atom. The SMILES string of the molecule is CC(C)(O)COCc1cccc(Nc2sc(-c3ccc(-c4ncn[nH]4)cc3)cc2C(N)=O)n1. The largest absolute Gasteiger partial charge is 0.388 e. The minimum atomic E-state index is -0.910. The van der Waals surface area contributed by atoms with E-state index >= 15 is 0 Å². The van der Waals surface area contributed by atoms with Crippen LogP contribution in [0.2, 0.25) is 0 Å². The maximum absolute atomic E-state index is 12.1. The molecule has 0 aliphatic rings. The van der Waals surface area contributed by atoms with Crippen molar-refractivity contribution in [2.45, 2.75) is 26.1 Å². The second-order valence-electron chi connectivity index (χ2n) is 8.07. The highest BCUT2D eigenvalue weighted by Crippen LogP contribution is 2.37. The topological polar surface area (TPSA) is 139 Å². The van der Waals surface area contributed by atoms with Gasteiger partial charge in [0.1, 0.15) is 17.1 Å². The van der Waals surface area contributed by atoms with Crippen LogP contribution in [0.25, 0.3) is 21.8 Å². The second-order valence-corrected chi connectivity index (χ2v) is 9.13. The smallest absolute Gasteiger partial charge is 0.251 e. The molecule has 0 fully saturated rings. The van der Waals surface area contributed by atoms with Crippen LogP contribution in [0, 0.1) is 0 Å². The van der Waals surface area contributed by atoms with Gasteiger partial charge in [-0.05, 0) is 37.6 Å². The van der Waals surface area contributed by atoms with Crippen LogP contribution in [0.4, 0.5) is 10.8 Å². The molecule has 1 aromatic carbocycles. The molecule has 0 bridgehead atoms. The molecular weight excluding hydrogens is 440 g/mol. The van der Waals surface area contributed by atoms with E-state index in [1.807, 2.05) is 36.4 Å². The average Bonchev–Trinajstić information content (AvgIpc) is 3.44. The number of aromatic nitrogens is 4. The summed E-state index contributed by atoms with van der Waals surface area (Å²) < 4.78 is 5.53. The number of nitrogens with one attached hydrogen (secondary N) is 2. The Kier molecular flexibility index (Phi) is 6.50. The van der Waals surface area contributed by atoms with Crippen molar-refractivity contribution in [1.82, 2.24) is 20.2 Å². The molecule has 170 valence electrons. The van der Waals surface area contributed by atoms with Gasteiger partial charge in [-0.2, -0.15) is 5.10 Å². The predicted octanol–water partition coefficient (Wildman–Crippen LogP) is 3.73. The third-order valence-electron chi connectivity index (χ3n) is 4.61. The number of nitrogens with zero attached hydrogens (tertiary/aromatic N) is 3. The van der Waals surface area contributed by atoms with Gasteiger partial charge in [-0.1, -0.05) is 30.3 Å². The van der Waals surface area contributed by atoms with Gasteiger partial charge >= 0.3 is 0 Å². The first-order valence-corrected chi connectivity index (χ1v) is 11.0.